The number of carbonyl (C=O) groups excluding carboxylic acids is 1. The van der Waals surface area contributed by atoms with Crippen LogP contribution in [-0.2, 0) is 17.0 Å². The topological polar surface area (TPSA) is 84.1 Å². The number of ether oxygens (including phenoxy) is 1. The van der Waals surface area contributed by atoms with Gasteiger partial charge in [0.15, 0.2) is 5.16 Å². The summed E-state index contributed by atoms with van der Waals surface area (Å²) in [5, 5.41) is 3.92. The monoisotopic (exact) mass is 429 g/mol. The molecule has 0 fully saturated rings. The zero-order valence-electron chi connectivity index (χ0n) is 16.0. The highest BCUT2D eigenvalue weighted by Gasteiger charge is 2.11. The van der Waals surface area contributed by atoms with Crippen LogP contribution >= 0.6 is 23.4 Å². The van der Waals surface area contributed by atoms with Crippen LogP contribution in [0.25, 0.3) is 0 Å². The normalized spacial score (nSPS) is 10.6. The summed E-state index contributed by atoms with van der Waals surface area (Å²) in [6.07, 6.45) is -0.0221. The third-order valence-corrected chi connectivity index (χ3v) is 5.19. The molecule has 1 amide bonds. The second kappa shape index (κ2) is 9.62. The summed E-state index contributed by atoms with van der Waals surface area (Å²) in [5.74, 6) is 0.887. The van der Waals surface area contributed by atoms with Crippen molar-refractivity contribution in [1.82, 2.24) is 9.97 Å². The first-order valence-corrected chi connectivity index (χ1v) is 10.2. The Balaban J connectivity index is 1.69. The molecule has 1 aromatic heterocycles. The maximum atomic E-state index is 12.5. The van der Waals surface area contributed by atoms with Crippen molar-refractivity contribution in [3.8, 4) is 5.75 Å². The van der Waals surface area contributed by atoms with Crippen LogP contribution in [-0.4, -0.2) is 23.0 Å². The Hall–Kier alpha value is -2.77. The summed E-state index contributed by atoms with van der Waals surface area (Å²) < 4.78 is 5.27. The molecule has 6 nitrogen and oxygen atoms in total. The quantitative estimate of drug-likeness (QED) is 0.434. The van der Waals surface area contributed by atoms with Gasteiger partial charge < -0.3 is 15.0 Å². The van der Waals surface area contributed by atoms with Gasteiger partial charge in [0.05, 0.1) is 24.9 Å². The third kappa shape index (κ3) is 6.10. The number of methoxy groups -OCH3 is 1. The zero-order chi connectivity index (χ0) is 20.8. The van der Waals surface area contributed by atoms with E-state index in [9.17, 15) is 9.59 Å². The fraction of sp³-hybridized carbons (Fsp3) is 0.190. The van der Waals surface area contributed by atoms with Crippen LogP contribution in [0.15, 0.2) is 58.5 Å². The molecule has 3 aromatic rings. The Morgan fingerprint density at radius 3 is 2.83 bits per heavy atom. The van der Waals surface area contributed by atoms with E-state index < -0.39 is 0 Å². The van der Waals surface area contributed by atoms with Crippen molar-refractivity contribution in [3.05, 3.63) is 80.7 Å². The highest BCUT2D eigenvalue weighted by atomic mass is 35.5. The molecule has 29 heavy (non-hydrogen) atoms. The van der Waals surface area contributed by atoms with Gasteiger partial charge in [0.25, 0.3) is 5.56 Å². The molecule has 0 saturated carbocycles. The van der Waals surface area contributed by atoms with E-state index in [-0.39, 0.29) is 17.9 Å². The van der Waals surface area contributed by atoms with Crippen LogP contribution in [0.2, 0.25) is 5.02 Å². The summed E-state index contributed by atoms with van der Waals surface area (Å²) in [6, 6.07) is 14.3. The van der Waals surface area contributed by atoms with E-state index in [1.807, 2.05) is 37.3 Å². The molecule has 0 bridgehead atoms. The molecule has 0 saturated heterocycles. The number of aryl methyl sites for hydroxylation is 1. The highest BCUT2D eigenvalue weighted by Crippen LogP contribution is 2.25. The van der Waals surface area contributed by atoms with Crippen molar-refractivity contribution in [1.29, 1.82) is 0 Å². The van der Waals surface area contributed by atoms with Crippen molar-refractivity contribution in [2.24, 2.45) is 0 Å². The van der Waals surface area contributed by atoms with Gasteiger partial charge in [-0.2, -0.15) is 0 Å². The molecule has 0 unspecified atom stereocenters. The van der Waals surface area contributed by atoms with Crippen LogP contribution < -0.4 is 15.6 Å². The van der Waals surface area contributed by atoms with E-state index in [1.165, 1.54) is 17.8 Å². The number of aromatic amines is 1. The maximum absolute atomic E-state index is 12.5. The van der Waals surface area contributed by atoms with Crippen molar-refractivity contribution >= 4 is 35.0 Å². The van der Waals surface area contributed by atoms with E-state index in [4.69, 9.17) is 16.3 Å². The lowest BCUT2D eigenvalue weighted by molar-refractivity contribution is -0.115. The van der Waals surface area contributed by atoms with Gasteiger partial charge >= 0.3 is 0 Å². The summed E-state index contributed by atoms with van der Waals surface area (Å²) in [6.45, 7) is 1.93. The van der Waals surface area contributed by atoms with Crippen LogP contribution in [0.3, 0.4) is 0 Å². The van der Waals surface area contributed by atoms with Gasteiger partial charge in [-0.1, -0.05) is 41.6 Å². The largest absolute Gasteiger partial charge is 0.495 e. The molecule has 3 rings (SSSR count). The number of nitrogens with one attached hydrogen (secondary N) is 2. The molecule has 8 heteroatoms. The SMILES string of the molecule is COc1ccc(C)cc1NC(=O)Cc1cc(=O)[nH]c(SCc2cccc(Cl)c2)n1. The number of halogens is 1. The predicted octanol–water partition coefficient (Wildman–Crippen LogP) is 4.21. The number of hydrogen-bond donors (Lipinski definition) is 2. The molecule has 0 aliphatic heterocycles. The standard InChI is InChI=1S/C21H20ClN3O3S/c1-13-6-7-18(28-2)17(8-13)24-19(26)10-16-11-20(27)25-21(23-16)29-12-14-4-3-5-15(22)9-14/h3-9,11H,10,12H2,1-2H3,(H,24,26)(H,23,25,27). The molecule has 0 atom stereocenters. The van der Waals surface area contributed by atoms with Gasteiger partial charge in [-0.3, -0.25) is 9.59 Å². The Morgan fingerprint density at radius 1 is 1.24 bits per heavy atom. The number of amides is 1. The fourth-order valence-electron chi connectivity index (χ4n) is 2.70. The number of anilines is 1. The van der Waals surface area contributed by atoms with Gasteiger partial charge in [-0.25, -0.2) is 4.98 Å². The Labute approximate surface area is 177 Å². The van der Waals surface area contributed by atoms with E-state index >= 15 is 0 Å². The van der Waals surface area contributed by atoms with Crippen molar-refractivity contribution in [2.45, 2.75) is 24.3 Å². The molecule has 2 N–H and O–H groups in total. The molecule has 0 aliphatic rings. The average molecular weight is 430 g/mol. The lowest BCUT2D eigenvalue weighted by atomic mass is 10.2. The summed E-state index contributed by atoms with van der Waals surface area (Å²) in [7, 11) is 1.54. The molecule has 0 aliphatic carbocycles. The summed E-state index contributed by atoms with van der Waals surface area (Å²) in [4.78, 5) is 31.5. The van der Waals surface area contributed by atoms with Gasteiger partial charge in [0, 0.05) is 16.8 Å². The number of nitrogens with zero attached hydrogens (tertiary/aromatic N) is 1. The van der Waals surface area contributed by atoms with Crippen molar-refractivity contribution in [3.63, 3.8) is 0 Å². The molecular formula is C21H20ClN3O3S. The van der Waals surface area contributed by atoms with Crippen LogP contribution in [0, 0.1) is 6.92 Å². The second-order valence-corrected chi connectivity index (χ2v) is 7.79. The van der Waals surface area contributed by atoms with Crippen molar-refractivity contribution < 1.29 is 9.53 Å². The number of thioether (sulfide) groups is 1. The van der Waals surface area contributed by atoms with Crippen LogP contribution in [0.4, 0.5) is 5.69 Å². The Bertz CT molecular complexity index is 1080. The van der Waals surface area contributed by atoms with Gasteiger partial charge in [-0.15, -0.1) is 0 Å². The third-order valence-electron chi connectivity index (χ3n) is 4.01. The number of aromatic nitrogens is 2. The molecule has 1 heterocycles. The minimum absolute atomic E-state index is 0.0221. The first kappa shape index (κ1) is 21.0. The molecular weight excluding hydrogens is 410 g/mol. The summed E-state index contributed by atoms with van der Waals surface area (Å²) >= 11 is 7.37. The lowest BCUT2D eigenvalue weighted by Gasteiger charge is -2.11. The first-order chi connectivity index (χ1) is 13.9. The smallest absolute Gasteiger partial charge is 0.251 e. The Kier molecular flexibility index (Phi) is 6.95. The molecule has 2 aromatic carbocycles. The molecule has 0 radical (unpaired) electrons. The van der Waals surface area contributed by atoms with E-state index in [0.29, 0.717) is 33.1 Å². The number of benzene rings is 2. The number of rotatable bonds is 7. The minimum atomic E-state index is -0.301. The van der Waals surface area contributed by atoms with Crippen molar-refractivity contribution in [2.75, 3.05) is 12.4 Å². The summed E-state index contributed by atoms with van der Waals surface area (Å²) in [5.41, 5.74) is 2.68. The lowest BCUT2D eigenvalue weighted by Crippen LogP contribution is -2.18. The van der Waals surface area contributed by atoms with E-state index in [1.54, 1.807) is 19.2 Å². The van der Waals surface area contributed by atoms with Gasteiger partial charge in [0.2, 0.25) is 5.91 Å². The number of hydrogen-bond acceptors (Lipinski definition) is 5. The zero-order valence-corrected chi connectivity index (χ0v) is 17.6. The number of carbonyl (C=O) groups is 1. The Morgan fingerprint density at radius 2 is 2.07 bits per heavy atom. The minimum Gasteiger partial charge on any atom is -0.495 e. The highest BCUT2D eigenvalue weighted by molar-refractivity contribution is 7.98. The maximum Gasteiger partial charge on any atom is 0.251 e. The van der Waals surface area contributed by atoms with Crippen LogP contribution in [0.1, 0.15) is 16.8 Å². The second-order valence-electron chi connectivity index (χ2n) is 6.39. The molecule has 150 valence electrons. The average Bonchev–Trinajstić information content (AvgIpc) is 2.66. The van der Waals surface area contributed by atoms with Gasteiger partial charge in [0.1, 0.15) is 5.75 Å². The predicted molar refractivity (Wildman–Crippen MR) is 116 cm³/mol. The van der Waals surface area contributed by atoms with E-state index in [2.05, 4.69) is 15.3 Å². The van der Waals surface area contributed by atoms with E-state index in [0.717, 1.165) is 11.1 Å². The first-order valence-electron chi connectivity index (χ1n) is 8.85. The van der Waals surface area contributed by atoms with Crippen LogP contribution in [0.5, 0.6) is 5.75 Å². The number of H-pyrrole nitrogens is 1. The fourth-order valence-corrected chi connectivity index (χ4v) is 3.75. The molecule has 0 spiro atoms. The van der Waals surface area contributed by atoms with Gasteiger partial charge in [-0.05, 0) is 42.3 Å².